The van der Waals surface area contributed by atoms with Crippen LogP contribution in [0.4, 0.5) is 0 Å². The van der Waals surface area contributed by atoms with E-state index in [1.165, 1.54) is 0 Å². The molecule has 1 aromatic carbocycles. The van der Waals surface area contributed by atoms with E-state index >= 15 is 0 Å². The van der Waals surface area contributed by atoms with Crippen molar-refractivity contribution in [2.24, 2.45) is 5.73 Å². The zero-order valence-corrected chi connectivity index (χ0v) is 17.7. The number of esters is 1. The summed E-state index contributed by atoms with van der Waals surface area (Å²) < 4.78 is 33.5. The highest BCUT2D eigenvalue weighted by atomic mass is 32.2. The molecule has 1 fully saturated rings. The normalized spacial score (nSPS) is 22.3. The van der Waals surface area contributed by atoms with E-state index in [9.17, 15) is 18.0 Å². The third-order valence-corrected chi connectivity index (χ3v) is 5.07. The van der Waals surface area contributed by atoms with E-state index in [1.807, 2.05) is 6.07 Å². The molecule has 2 atom stereocenters. The van der Waals surface area contributed by atoms with Crippen LogP contribution in [0.1, 0.15) is 32.8 Å². The molecule has 1 aliphatic rings. The summed E-state index contributed by atoms with van der Waals surface area (Å²) in [5, 5.41) is 12.0. The van der Waals surface area contributed by atoms with Crippen molar-refractivity contribution in [2.75, 3.05) is 12.8 Å². The molecule has 160 valence electrons. The topological polar surface area (TPSA) is 164 Å². The molecule has 10 nitrogen and oxygen atoms in total. The van der Waals surface area contributed by atoms with Crippen LogP contribution in [0.3, 0.4) is 0 Å². The summed E-state index contributed by atoms with van der Waals surface area (Å²) in [6.07, 6.45) is -0.150. The maximum atomic E-state index is 13.0. The Balaban J connectivity index is 0.00000204. The molecule has 29 heavy (non-hydrogen) atoms. The summed E-state index contributed by atoms with van der Waals surface area (Å²) in [4.78, 5) is 27.0. The van der Waals surface area contributed by atoms with Gasteiger partial charge < -0.3 is 10.5 Å². The second kappa shape index (κ2) is 9.30. The highest BCUT2D eigenvalue weighted by Crippen LogP contribution is 2.38. The molecule has 2 N–H and O–H groups in total. The summed E-state index contributed by atoms with van der Waals surface area (Å²) in [7, 11) is -3.76. The minimum Gasteiger partial charge on any atom is -0.459 e. The second-order valence-corrected chi connectivity index (χ2v) is 9.29. The molecule has 0 unspecified atom stereocenters. The van der Waals surface area contributed by atoms with E-state index < -0.39 is 39.2 Å². The average Bonchev–Trinajstić information content (AvgIpc) is 3.01. The fourth-order valence-electron chi connectivity index (χ4n) is 3.39. The number of rotatable bonds is 6. The lowest BCUT2D eigenvalue weighted by Crippen LogP contribution is -2.64. The first-order valence-corrected chi connectivity index (χ1v) is 10.5. The van der Waals surface area contributed by atoms with Gasteiger partial charge in [0.1, 0.15) is 6.61 Å². The van der Waals surface area contributed by atoms with Crippen LogP contribution in [-0.2, 0) is 35.2 Å². The Morgan fingerprint density at radius 1 is 1.24 bits per heavy atom. The molecule has 1 aromatic rings. The maximum absolute atomic E-state index is 13.0. The van der Waals surface area contributed by atoms with Crippen molar-refractivity contribution < 1.29 is 26.9 Å². The largest absolute Gasteiger partial charge is 0.459 e. The quantitative estimate of drug-likeness (QED) is 0.300. The molecule has 0 aromatic heterocycles. The lowest BCUT2D eigenvalue weighted by molar-refractivity contribution is -0.166. The molecule has 11 heteroatoms. The Morgan fingerprint density at radius 3 is 2.24 bits per heavy atom. The zero-order valence-electron chi connectivity index (χ0n) is 16.9. The fourth-order valence-corrected chi connectivity index (χ4v) is 4.02. The highest BCUT2D eigenvalue weighted by molar-refractivity contribution is 7.86. The van der Waals surface area contributed by atoms with Crippen LogP contribution in [0.15, 0.2) is 30.3 Å². The van der Waals surface area contributed by atoms with Gasteiger partial charge in [-0.1, -0.05) is 30.3 Å². The molecule has 0 bridgehead atoms. The van der Waals surface area contributed by atoms with Crippen LogP contribution < -0.4 is 5.73 Å². The third-order valence-electron chi connectivity index (χ3n) is 4.45. The number of carbonyl (C=O) groups excluding carboxylic acids is 2. The predicted molar refractivity (Wildman–Crippen MR) is 102 cm³/mol. The van der Waals surface area contributed by atoms with Crippen LogP contribution in [-0.4, -0.2) is 55.2 Å². The Hall–Kier alpha value is -2.55. The van der Waals surface area contributed by atoms with Gasteiger partial charge in [0.25, 0.3) is 10.1 Å². The van der Waals surface area contributed by atoms with Crippen molar-refractivity contribution >= 4 is 22.0 Å². The number of nitrogens with zero attached hydrogens (tertiary/aromatic N) is 3. The molecule has 2 rings (SSSR count). The van der Waals surface area contributed by atoms with E-state index in [2.05, 4.69) is 0 Å². The number of carbonyl (C=O) groups is 2. The summed E-state index contributed by atoms with van der Waals surface area (Å²) >= 11 is 0. The first-order chi connectivity index (χ1) is 13.4. The van der Waals surface area contributed by atoms with Crippen molar-refractivity contribution in [1.82, 2.24) is 4.90 Å². The van der Waals surface area contributed by atoms with Crippen LogP contribution >= 0.6 is 0 Å². The molecule has 0 spiro atoms. The van der Waals surface area contributed by atoms with Crippen LogP contribution in [0.5, 0.6) is 0 Å². The van der Waals surface area contributed by atoms with Crippen LogP contribution in [0.25, 0.3) is 0 Å². The van der Waals surface area contributed by atoms with Crippen LogP contribution in [0, 0.1) is 10.8 Å². The first-order valence-electron chi connectivity index (χ1n) is 8.73. The fraction of sp³-hybridized carbons (Fsp3) is 0.556. The van der Waals surface area contributed by atoms with Gasteiger partial charge in [0, 0.05) is 29.3 Å². The number of hydrogen-bond acceptors (Lipinski definition) is 9. The van der Waals surface area contributed by atoms with Crippen molar-refractivity contribution in [3.8, 4) is 0 Å². The lowest BCUT2D eigenvalue weighted by Gasteiger charge is -2.41. The molecular formula is C18H26N4O6S. The van der Waals surface area contributed by atoms with Gasteiger partial charge in [0.15, 0.2) is 0 Å². The van der Waals surface area contributed by atoms with E-state index in [-0.39, 0.29) is 19.6 Å². The molecule has 1 saturated heterocycles. The van der Waals surface area contributed by atoms with Gasteiger partial charge in [0.2, 0.25) is 11.4 Å². The second-order valence-electron chi connectivity index (χ2n) is 7.69. The smallest absolute Gasteiger partial charge is 0.336 e. The van der Waals surface area contributed by atoms with E-state index in [4.69, 9.17) is 25.4 Å². The molecule has 0 saturated carbocycles. The SMILES string of the molecule is CC(C)(C)N1C[C@@H](OS(C)(=O)=O)C[C@]1(C(N)=O)C(=O)OCc1ccccc1.N#N. The van der Waals surface area contributed by atoms with Crippen molar-refractivity contribution in [1.29, 1.82) is 10.8 Å². The summed E-state index contributed by atoms with van der Waals surface area (Å²) in [5.74, 6) is -1.71. The third kappa shape index (κ3) is 5.96. The van der Waals surface area contributed by atoms with Gasteiger partial charge in [-0.3, -0.25) is 13.9 Å². The number of ether oxygens (including phenoxy) is 1. The van der Waals surface area contributed by atoms with Crippen molar-refractivity contribution in [3.05, 3.63) is 35.9 Å². The Labute approximate surface area is 170 Å². The van der Waals surface area contributed by atoms with Gasteiger partial charge in [-0.25, -0.2) is 4.79 Å². The molecule has 1 amide bonds. The van der Waals surface area contributed by atoms with Gasteiger partial charge in [-0.15, -0.1) is 0 Å². The minimum absolute atomic E-state index is 0.0235. The molecule has 1 heterocycles. The van der Waals surface area contributed by atoms with Gasteiger partial charge in [0.05, 0.1) is 12.4 Å². The monoisotopic (exact) mass is 426 g/mol. The van der Waals surface area contributed by atoms with Crippen LogP contribution in [0.2, 0.25) is 0 Å². The standard InChI is InChI=1S/C18H26N2O6S.N2/c1-17(2,3)20-11-14(26-27(4,23)24)10-18(20,15(19)21)16(22)25-12-13-8-6-5-7-9-13;1-2/h5-9,14H,10-12H2,1-4H3,(H2,19,21);/t14-,18-;/m0./s1. The van der Waals surface area contributed by atoms with E-state index in [1.54, 1.807) is 49.9 Å². The molecule has 1 aliphatic heterocycles. The molecule has 0 aliphatic carbocycles. The van der Waals surface area contributed by atoms with E-state index in [0.717, 1.165) is 11.8 Å². The van der Waals surface area contributed by atoms with Crippen molar-refractivity contribution in [3.63, 3.8) is 0 Å². The first kappa shape index (κ1) is 24.5. The molecule has 0 radical (unpaired) electrons. The van der Waals surface area contributed by atoms with E-state index in [0.29, 0.717) is 0 Å². The summed E-state index contributed by atoms with van der Waals surface area (Å²) in [6, 6.07) is 9.02. The number of nitrogens with two attached hydrogens (primary N) is 1. The lowest BCUT2D eigenvalue weighted by atomic mass is 9.90. The number of hydrogen-bond donors (Lipinski definition) is 1. The highest BCUT2D eigenvalue weighted by Gasteiger charge is 2.60. The number of primary amides is 1. The predicted octanol–water partition coefficient (Wildman–Crippen LogP) is 0.833. The Morgan fingerprint density at radius 2 is 1.79 bits per heavy atom. The Bertz CT molecular complexity index is 850. The van der Waals surface area contributed by atoms with Crippen molar-refractivity contribution in [2.45, 2.75) is 51.0 Å². The summed E-state index contributed by atoms with van der Waals surface area (Å²) in [6.45, 7) is 5.44. The van der Waals surface area contributed by atoms with Gasteiger partial charge in [-0.2, -0.15) is 8.42 Å². The number of likely N-dealkylation sites (tertiary alicyclic amines) is 1. The van der Waals surface area contributed by atoms with Gasteiger partial charge in [-0.05, 0) is 26.3 Å². The maximum Gasteiger partial charge on any atom is 0.336 e. The minimum atomic E-state index is -3.76. The average molecular weight is 426 g/mol. The van der Waals surface area contributed by atoms with Gasteiger partial charge >= 0.3 is 5.97 Å². The molecular weight excluding hydrogens is 400 g/mol. The zero-order chi connectivity index (χ0) is 22.5. The number of amides is 1. The summed E-state index contributed by atoms with van der Waals surface area (Å²) in [5.41, 5.74) is 3.93. The Kier molecular flexibility index (Phi) is 7.85. The number of benzene rings is 1.